The van der Waals surface area contributed by atoms with Crippen molar-refractivity contribution < 1.29 is 9.53 Å². The van der Waals surface area contributed by atoms with Gasteiger partial charge in [-0.3, -0.25) is 4.79 Å². The summed E-state index contributed by atoms with van der Waals surface area (Å²) in [6.07, 6.45) is 6.09. The molecule has 182 valence electrons. The number of carbonyl (C=O) groups excluding carboxylic acids is 1. The highest BCUT2D eigenvalue weighted by Crippen LogP contribution is 2.40. The van der Waals surface area contributed by atoms with E-state index in [0.717, 1.165) is 66.0 Å². The number of hydrogen-bond acceptors (Lipinski definition) is 4. The Morgan fingerprint density at radius 2 is 1.64 bits per heavy atom. The second-order valence-electron chi connectivity index (χ2n) is 8.56. The first-order valence-corrected chi connectivity index (χ1v) is 14.8. The molecule has 0 spiro atoms. The van der Waals surface area contributed by atoms with E-state index in [2.05, 4.69) is 74.8 Å². The third kappa shape index (κ3) is 6.00. The van der Waals surface area contributed by atoms with Crippen molar-refractivity contribution in [1.82, 2.24) is 0 Å². The number of para-hydroxylation sites is 1. The molecule has 0 aliphatic heterocycles. The summed E-state index contributed by atoms with van der Waals surface area (Å²) < 4.78 is 8.19. The fraction of sp³-hybridized carbons (Fsp3) is 0.172. The van der Waals surface area contributed by atoms with Crippen LogP contribution in [0, 0.1) is 7.14 Å². The normalized spacial score (nSPS) is 12.9. The van der Waals surface area contributed by atoms with Crippen LogP contribution in [0.15, 0.2) is 77.8 Å². The monoisotopic (exact) mass is 718 g/mol. The fourth-order valence-electron chi connectivity index (χ4n) is 4.25. The van der Waals surface area contributed by atoms with Crippen LogP contribution in [0.25, 0.3) is 0 Å². The van der Waals surface area contributed by atoms with Gasteiger partial charge >= 0.3 is 0 Å². The lowest BCUT2D eigenvalue weighted by Gasteiger charge is -2.13. The van der Waals surface area contributed by atoms with Gasteiger partial charge in [-0.05, 0) is 112 Å². The highest BCUT2D eigenvalue weighted by atomic mass is 127. The Balaban J connectivity index is 1.39. The van der Waals surface area contributed by atoms with Crippen LogP contribution < -0.4 is 10.1 Å². The molecule has 7 heteroatoms. The molecule has 36 heavy (non-hydrogen) atoms. The molecule has 0 atom stereocenters. The number of anilines is 1. The van der Waals surface area contributed by atoms with Crippen LogP contribution in [0.4, 0.5) is 10.7 Å². The van der Waals surface area contributed by atoms with Gasteiger partial charge < -0.3 is 10.1 Å². The van der Waals surface area contributed by atoms with Crippen molar-refractivity contribution in [2.45, 2.75) is 32.3 Å². The molecule has 0 radical (unpaired) electrons. The van der Waals surface area contributed by atoms with Crippen molar-refractivity contribution in [3.05, 3.63) is 107 Å². The van der Waals surface area contributed by atoms with E-state index >= 15 is 0 Å². The number of aliphatic imine (C=N–C) groups is 1. The van der Waals surface area contributed by atoms with E-state index in [1.54, 1.807) is 11.3 Å². The third-order valence-corrected chi connectivity index (χ3v) is 8.79. The van der Waals surface area contributed by atoms with E-state index in [9.17, 15) is 4.79 Å². The van der Waals surface area contributed by atoms with Gasteiger partial charge in [-0.2, -0.15) is 0 Å². The first-order valence-electron chi connectivity index (χ1n) is 11.8. The first-order chi connectivity index (χ1) is 17.6. The van der Waals surface area contributed by atoms with Crippen LogP contribution in [0.2, 0.25) is 0 Å². The molecule has 0 unspecified atom stereocenters. The number of hydrogen-bond donors (Lipinski definition) is 1. The largest absolute Gasteiger partial charge is 0.487 e. The van der Waals surface area contributed by atoms with E-state index in [1.165, 1.54) is 10.4 Å². The molecule has 0 saturated carbocycles. The maximum Gasteiger partial charge on any atom is 0.259 e. The number of nitrogens with zero attached hydrogens (tertiary/aromatic N) is 1. The van der Waals surface area contributed by atoms with Crippen molar-refractivity contribution in [3.63, 3.8) is 0 Å². The summed E-state index contributed by atoms with van der Waals surface area (Å²) in [5.74, 6) is 0.799. The van der Waals surface area contributed by atoms with Gasteiger partial charge in [0, 0.05) is 16.8 Å². The standard InChI is InChI=1S/C29H24I2N2O2S/c30-23-15-20(16-24(31)27(23)35-18-19-9-3-1-4-10-19)17-32-29-26(22-13-7-8-14-25(22)36-29)28(34)33-21-11-5-2-6-12-21/h1-6,9-12,15-17H,7-8,13-14,18H2,(H,33,34). The zero-order chi connectivity index (χ0) is 24.9. The van der Waals surface area contributed by atoms with E-state index < -0.39 is 0 Å². The Morgan fingerprint density at radius 3 is 2.36 bits per heavy atom. The van der Waals surface area contributed by atoms with Crippen molar-refractivity contribution in [2.24, 2.45) is 4.99 Å². The lowest BCUT2D eigenvalue weighted by molar-refractivity contribution is 0.102. The molecule has 1 aliphatic carbocycles. The number of halogens is 2. The molecule has 1 amide bonds. The van der Waals surface area contributed by atoms with Gasteiger partial charge in [0.1, 0.15) is 17.4 Å². The second kappa shape index (κ2) is 11.9. The van der Waals surface area contributed by atoms with Crippen molar-refractivity contribution >= 4 is 79.3 Å². The lowest BCUT2D eigenvalue weighted by atomic mass is 9.95. The average Bonchev–Trinajstić information content (AvgIpc) is 3.27. The predicted molar refractivity (Wildman–Crippen MR) is 165 cm³/mol. The molecule has 3 aromatic carbocycles. The van der Waals surface area contributed by atoms with Gasteiger partial charge in [-0.15, -0.1) is 11.3 Å². The molecule has 1 aliphatic rings. The molecule has 5 rings (SSSR count). The number of thiophene rings is 1. The summed E-state index contributed by atoms with van der Waals surface area (Å²) in [6.45, 7) is 0.529. The summed E-state index contributed by atoms with van der Waals surface area (Å²) in [6, 6.07) is 23.9. The number of nitrogens with one attached hydrogen (secondary N) is 1. The highest BCUT2D eigenvalue weighted by Gasteiger charge is 2.25. The Morgan fingerprint density at radius 1 is 0.972 bits per heavy atom. The Labute approximate surface area is 242 Å². The predicted octanol–water partition coefficient (Wildman–Crippen LogP) is 8.42. The van der Waals surface area contributed by atoms with Crippen LogP contribution in [0.5, 0.6) is 5.75 Å². The van der Waals surface area contributed by atoms with Gasteiger partial charge in [0.15, 0.2) is 0 Å². The van der Waals surface area contributed by atoms with Gasteiger partial charge in [0.05, 0.1) is 12.7 Å². The van der Waals surface area contributed by atoms with Crippen LogP contribution >= 0.6 is 56.5 Å². The lowest BCUT2D eigenvalue weighted by Crippen LogP contribution is -2.14. The van der Waals surface area contributed by atoms with Crippen LogP contribution in [-0.2, 0) is 19.4 Å². The fourth-order valence-corrected chi connectivity index (χ4v) is 7.60. The van der Waals surface area contributed by atoms with Gasteiger partial charge in [-0.25, -0.2) is 4.99 Å². The van der Waals surface area contributed by atoms with Gasteiger partial charge in [-0.1, -0.05) is 48.5 Å². The highest BCUT2D eigenvalue weighted by molar-refractivity contribution is 14.1. The number of rotatable bonds is 7. The van der Waals surface area contributed by atoms with Crippen LogP contribution in [-0.4, -0.2) is 12.1 Å². The van der Waals surface area contributed by atoms with Gasteiger partial charge in [0.25, 0.3) is 5.91 Å². The summed E-state index contributed by atoms with van der Waals surface area (Å²) in [5.41, 5.74) is 4.81. The number of amides is 1. The number of aryl methyl sites for hydroxylation is 1. The minimum absolute atomic E-state index is 0.0819. The van der Waals surface area contributed by atoms with Gasteiger partial charge in [0.2, 0.25) is 0 Å². The van der Waals surface area contributed by atoms with Crippen LogP contribution in [0.1, 0.15) is 44.8 Å². The molecule has 1 N–H and O–H groups in total. The van der Waals surface area contributed by atoms with E-state index in [-0.39, 0.29) is 5.91 Å². The molecule has 0 fully saturated rings. The molecule has 4 aromatic rings. The topological polar surface area (TPSA) is 50.7 Å². The zero-order valence-corrected chi connectivity index (χ0v) is 24.6. The minimum atomic E-state index is -0.0819. The maximum atomic E-state index is 13.3. The second-order valence-corrected chi connectivity index (χ2v) is 12.0. The Hall–Kier alpha value is -2.24. The van der Waals surface area contributed by atoms with Crippen molar-refractivity contribution in [1.29, 1.82) is 0 Å². The van der Waals surface area contributed by atoms with Crippen molar-refractivity contribution in [2.75, 3.05) is 5.32 Å². The molecular formula is C29H24I2N2O2S. The summed E-state index contributed by atoms with van der Waals surface area (Å²) >= 11 is 6.28. The smallest absolute Gasteiger partial charge is 0.259 e. The molecule has 0 saturated heterocycles. The van der Waals surface area contributed by atoms with Crippen molar-refractivity contribution in [3.8, 4) is 5.75 Å². The first kappa shape index (κ1) is 25.4. The molecule has 0 bridgehead atoms. The molecular weight excluding hydrogens is 694 g/mol. The maximum absolute atomic E-state index is 13.3. The quantitative estimate of drug-likeness (QED) is 0.154. The Kier molecular flexibility index (Phi) is 8.38. The number of benzene rings is 3. The van der Waals surface area contributed by atoms with E-state index in [1.807, 2.05) is 54.7 Å². The summed E-state index contributed by atoms with van der Waals surface area (Å²) in [4.78, 5) is 19.5. The average molecular weight is 718 g/mol. The molecule has 4 nitrogen and oxygen atoms in total. The number of ether oxygens (including phenoxy) is 1. The number of carbonyl (C=O) groups is 1. The van der Waals surface area contributed by atoms with E-state index in [0.29, 0.717) is 6.61 Å². The van der Waals surface area contributed by atoms with Crippen LogP contribution in [0.3, 0.4) is 0 Å². The van der Waals surface area contributed by atoms with E-state index in [4.69, 9.17) is 9.73 Å². The minimum Gasteiger partial charge on any atom is -0.487 e. The summed E-state index contributed by atoms with van der Waals surface area (Å²) in [7, 11) is 0. The number of fused-ring (bicyclic) bond motifs is 1. The SMILES string of the molecule is O=C(Nc1ccccc1)c1c(N=Cc2cc(I)c(OCc3ccccc3)c(I)c2)sc2c1CCCC2. The Bertz CT molecular complexity index is 1380. The molecule has 1 aromatic heterocycles. The summed E-state index contributed by atoms with van der Waals surface area (Å²) in [5, 5.41) is 3.84. The zero-order valence-electron chi connectivity index (χ0n) is 19.5. The molecule has 1 heterocycles. The third-order valence-electron chi connectivity index (χ3n) is 5.99.